The summed E-state index contributed by atoms with van der Waals surface area (Å²) in [4.78, 5) is 32.4. The summed E-state index contributed by atoms with van der Waals surface area (Å²) in [6.45, 7) is 0. The van der Waals surface area contributed by atoms with Gasteiger partial charge in [-0.1, -0.05) is 6.07 Å². The van der Waals surface area contributed by atoms with Crippen LogP contribution < -0.4 is 0 Å². The summed E-state index contributed by atoms with van der Waals surface area (Å²) >= 11 is 0. The third-order valence-electron chi connectivity index (χ3n) is 4.11. The van der Waals surface area contributed by atoms with Crippen molar-refractivity contribution in [3.8, 4) is 11.4 Å². The molecule has 0 aliphatic heterocycles. The number of pyridine rings is 2. The lowest BCUT2D eigenvalue weighted by molar-refractivity contribution is 0.0691. The van der Waals surface area contributed by atoms with Crippen LogP contribution in [-0.2, 0) is 13.5 Å². The number of ketones is 1. The molecule has 0 aliphatic rings. The van der Waals surface area contributed by atoms with Gasteiger partial charge in [0.2, 0.25) is 0 Å². The van der Waals surface area contributed by atoms with E-state index in [9.17, 15) is 14.7 Å². The topological polar surface area (TPSA) is 115 Å². The van der Waals surface area contributed by atoms with Crippen LogP contribution in [0.5, 0.6) is 0 Å². The fourth-order valence-corrected chi connectivity index (χ4v) is 2.84. The molecule has 0 unspecified atom stereocenters. The summed E-state index contributed by atoms with van der Waals surface area (Å²) in [5.74, 6) is -0.981. The highest BCUT2D eigenvalue weighted by Gasteiger charge is 2.22. The van der Waals surface area contributed by atoms with E-state index in [2.05, 4.69) is 20.2 Å². The van der Waals surface area contributed by atoms with Crippen molar-refractivity contribution in [1.29, 1.82) is 0 Å². The van der Waals surface area contributed by atoms with Crippen molar-refractivity contribution in [2.75, 3.05) is 0 Å². The van der Waals surface area contributed by atoms with Crippen LogP contribution in [0.25, 0.3) is 17.0 Å². The van der Waals surface area contributed by atoms with Gasteiger partial charge in [-0.05, 0) is 23.8 Å². The van der Waals surface area contributed by atoms with Gasteiger partial charge in [0.1, 0.15) is 11.3 Å². The molecular formula is C18H14N6O3. The maximum absolute atomic E-state index is 12.6. The highest BCUT2D eigenvalue weighted by atomic mass is 16.4. The monoisotopic (exact) mass is 362 g/mol. The van der Waals surface area contributed by atoms with E-state index in [-0.39, 0.29) is 23.5 Å². The number of carboxylic acid groups (broad SMARTS) is 1. The molecule has 4 heterocycles. The minimum absolute atomic E-state index is 0.0256. The lowest BCUT2D eigenvalue weighted by Gasteiger charge is -2.04. The first-order valence-corrected chi connectivity index (χ1v) is 8.07. The number of aryl methyl sites for hydroxylation is 1. The van der Waals surface area contributed by atoms with Crippen molar-refractivity contribution in [2.24, 2.45) is 7.05 Å². The second kappa shape index (κ2) is 6.45. The molecule has 0 bridgehead atoms. The standard InChI is InChI=1S/C18H14N6O3/c1-23-16(13(9-20-23)18(26)27)14(25)7-11-4-5-15-21-17(22-24(15)10-11)12-3-2-6-19-8-12/h2-6,8-10H,7H2,1H3,(H,26,27). The molecule has 0 saturated heterocycles. The van der Waals surface area contributed by atoms with Gasteiger partial charge in [0, 0.05) is 37.6 Å². The SMILES string of the molecule is Cn1ncc(C(=O)O)c1C(=O)Cc1ccc2nc(-c3cccnc3)nn2c1. The van der Waals surface area contributed by atoms with Crippen LogP contribution >= 0.6 is 0 Å². The van der Waals surface area contributed by atoms with E-state index in [0.29, 0.717) is 17.0 Å². The van der Waals surface area contributed by atoms with Gasteiger partial charge >= 0.3 is 5.97 Å². The summed E-state index contributed by atoms with van der Waals surface area (Å²) < 4.78 is 2.87. The van der Waals surface area contributed by atoms with Gasteiger partial charge in [0.05, 0.1) is 6.20 Å². The Balaban J connectivity index is 1.64. The van der Waals surface area contributed by atoms with Crippen molar-refractivity contribution in [3.05, 3.63) is 65.9 Å². The Hall–Kier alpha value is -3.88. The van der Waals surface area contributed by atoms with E-state index in [1.165, 1.54) is 10.9 Å². The number of rotatable bonds is 5. The molecule has 9 heteroatoms. The first-order valence-electron chi connectivity index (χ1n) is 8.07. The zero-order valence-corrected chi connectivity index (χ0v) is 14.3. The smallest absolute Gasteiger partial charge is 0.339 e. The van der Waals surface area contributed by atoms with Gasteiger partial charge in [0.15, 0.2) is 17.3 Å². The van der Waals surface area contributed by atoms with Gasteiger partial charge in [-0.15, -0.1) is 5.10 Å². The van der Waals surface area contributed by atoms with Crippen LogP contribution in [0, 0.1) is 0 Å². The number of nitrogens with zero attached hydrogens (tertiary/aromatic N) is 6. The van der Waals surface area contributed by atoms with E-state index < -0.39 is 5.97 Å². The first kappa shape index (κ1) is 16.6. The Bertz CT molecular complexity index is 1160. The summed E-state index contributed by atoms with van der Waals surface area (Å²) in [7, 11) is 1.54. The van der Waals surface area contributed by atoms with E-state index >= 15 is 0 Å². The van der Waals surface area contributed by atoms with Gasteiger partial charge in [-0.25, -0.2) is 14.3 Å². The maximum atomic E-state index is 12.6. The first-order chi connectivity index (χ1) is 13.0. The average Bonchev–Trinajstić information content (AvgIpc) is 3.25. The zero-order chi connectivity index (χ0) is 19.0. The Morgan fingerprint density at radius 2 is 2.04 bits per heavy atom. The predicted molar refractivity (Wildman–Crippen MR) is 94.4 cm³/mol. The molecule has 0 fully saturated rings. The average molecular weight is 362 g/mol. The van der Waals surface area contributed by atoms with E-state index in [0.717, 1.165) is 5.56 Å². The number of hydrogen-bond donors (Lipinski definition) is 1. The van der Waals surface area contributed by atoms with Crippen LogP contribution in [0.4, 0.5) is 0 Å². The Morgan fingerprint density at radius 3 is 2.78 bits per heavy atom. The van der Waals surface area contributed by atoms with Crippen molar-refractivity contribution in [3.63, 3.8) is 0 Å². The molecule has 4 aromatic rings. The highest BCUT2D eigenvalue weighted by Crippen LogP contribution is 2.17. The lowest BCUT2D eigenvalue weighted by atomic mass is 10.1. The van der Waals surface area contributed by atoms with Crippen LogP contribution in [0.15, 0.2) is 49.1 Å². The summed E-state index contributed by atoms with van der Waals surface area (Å²) in [5.41, 5.74) is 2.07. The summed E-state index contributed by atoms with van der Waals surface area (Å²) in [5, 5.41) is 17.5. The Morgan fingerprint density at radius 1 is 1.19 bits per heavy atom. The molecule has 0 aromatic carbocycles. The highest BCUT2D eigenvalue weighted by molar-refractivity contribution is 6.05. The van der Waals surface area contributed by atoms with E-state index in [1.54, 1.807) is 48.4 Å². The molecule has 0 spiro atoms. The third-order valence-corrected chi connectivity index (χ3v) is 4.11. The second-order valence-electron chi connectivity index (χ2n) is 5.95. The van der Waals surface area contributed by atoms with E-state index in [1.807, 2.05) is 6.07 Å². The van der Waals surface area contributed by atoms with Crippen molar-refractivity contribution >= 4 is 17.4 Å². The fraction of sp³-hybridized carbons (Fsp3) is 0.111. The Labute approximate surface area is 152 Å². The molecule has 9 nitrogen and oxygen atoms in total. The number of aromatic nitrogens is 6. The third kappa shape index (κ3) is 3.06. The van der Waals surface area contributed by atoms with Crippen molar-refractivity contribution < 1.29 is 14.7 Å². The molecule has 0 saturated carbocycles. The van der Waals surface area contributed by atoms with Crippen molar-refractivity contribution in [2.45, 2.75) is 6.42 Å². The molecule has 27 heavy (non-hydrogen) atoms. The molecule has 0 radical (unpaired) electrons. The van der Waals surface area contributed by atoms with Crippen LogP contribution in [-0.4, -0.2) is 46.2 Å². The fourth-order valence-electron chi connectivity index (χ4n) is 2.84. The molecule has 1 N–H and O–H groups in total. The number of fused-ring (bicyclic) bond motifs is 1. The van der Waals surface area contributed by atoms with Gasteiger partial charge in [-0.3, -0.25) is 14.5 Å². The number of hydrogen-bond acceptors (Lipinski definition) is 6. The molecule has 134 valence electrons. The zero-order valence-electron chi connectivity index (χ0n) is 14.3. The molecule has 0 aliphatic carbocycles. The Kier molecular flexibility index (Phi) is 3.96. The molecular weight excluding hydrogens is 348 g/mol. The lowest BCUT2D eigenvalue weighted by Crippen LogP contribution is -2.14. The van der Waals surface area contributed by atoms with Crippen LogP contribution in [0.2, 0.25) is 0 Å². The minimum Gasteiger partial charge on any atom is -0.478 e. The number of Topliss-reactive ketones (excluding diaryl/α,β-unsaturated/α-hetero) is 1. The van der Waals surface area contributed by atoms with Crippen molar-refractivity contribution in [1.82, 2.24) is 29.4 Å². The number of carboxylic acids is 1. The number of carbonyl (C=O) groups excluding carboxylic acids is 1. The predicted octanol–water partition coefficient (Wildman–Crippen LogP) is 1.65. The maximum Gasteiger partial charge on any atom is 0.339 e. The molecule has 0 amide bonds. The molecule has 4 rings (SSSR count). The summed E-state index contributed by atoms with van der Waals surface area (Å²) in [6, 6.07) is 7.20. The van der Waals surface area contributed by atoms with Gasteiger partial charge in [-0.2, -0.15) is 5.10 Å². The van der Waals surface area contributed by atoms with Crippen LogP contribution in [0.3, 0.4) is 0 Å². The minimum atomic E-state index is -1.18. The summed E-state index contributed by atoms with van der Waals surface area (Å²) in [6.07, 6.45) is 6.26. The van der Waals surface area contributed by atoms with Gasteiger partial charge in [0.25, 0.3) is 0 Å². The van der Waals surface area contributed by atoms with Crippen LogP contribution in [0.1, 0.15) is 26.4 Å². The number of carbonyl (C=O) groups is 2. The number of aromatic carboxylic acids is 1. The van der Waals surface area contributed by atoms with Gasteiger partial charge < -0.3 is 5.11 Å². The molecule has 4 aromatic heterocycles. The second-order valence-corrected chi connectivity index (χ2v) is 5.95. The van der Waals surface area contributed by atoms with E-state index in [4.69, 9.17) is 0 Å². The molecule has 0 atom stereocenters. The normalized spacial score (nSPS) is 11.0. The quantitative estimate of drug-likeness (QED) is 0.537. The largest absolute Gasteiger partial charge is 0.478 e.